The highest BCUT2D eigenvalue weighted by atomic mass is 31.2. The van der Waals surface area contributed by atoms with E-state index >= 15 is 0 Å². The fourth-order valence-electron chi connectivity index (χ4n) is 10.5. The van der Waals surface area contributed by atoms with Crippen molar-refractivity contribution < 1.29 is 80.2 Å². The van der Waals surface area contributed by atoms with Crippen LogP contribution >= 0.6 is 15.6 Å². The van der Waals surface area contributed by atoms with Gasteiger partial charge in [0.25, 0.3) is 0 Å². The molecular weight excluding hydrogens is 1160 g/mol. The Morgan fingerprint density at radius 1 is 0.307 bits per heavy atom. The number of carbonyl (C=O) groups is 4. The van der Waals surface area contributed by atoms with Gasteiger partial charge in [0, 0.05) is 25.7 Å². The van der Waals surface area contributed by atoms with Crippen LogP contribution in [-0.2, 0) is 65.4 Å². The van der Waals surface area contributed by atoms with Crippen LogP contribution in [0.3, 0.4) is 0 Å². The second-order valence-electron chi connectivity index (χ2n) is 25.4. The Balaban J connectivity index is 5.20. The van der Waals surface area contributed by atoms with Crippen LogP contribution in [0.5, 0.6) is 0 Å². The average molecular weight is 1300 g/mol. The fraction of sp³-hybridized carbons (Fsp3) is 0.942. The second-order valence-corrected chi connectivity index (χ2v) is 28.3. The number of esters is 4. The minimum absolute atomic E-state index is 0.106. The standard InChI is InChI=1S/C69H134O17P2/c1-6-9-12-15-18-20-22-23-24-27-30-34-38-43-48-53-67(72)80-59-65(86-69(74)55-50-45-40-35-31-28-25-26-29-32-37-41-46-51-62(4)5)61-84-88(77,78)82-57-63(70)56-81-87(75,76)83-60-64(58-79-66(71)52-47-42-36-17-14-11-8-3)85-68(73)54-49-44-39-33-21-19-16-13-10-7-2/h62-65,70H,6-61H2,1-5H3,(H,75,76)(H,77,78)/t63-,64+,65+/m0/s1. The molecule has 0 aliphatic carbocycles. The van der Waals surface area contributed by atoms with Gasteiger partial charge in [-0.05, 0) is 31.6 Å². The minimum atomic E-state index is -4.95. The van der Waals surface area contributed by atoms with Gasteiger partial charge in [-0.3, -0.25) is 37.3 Å². The van der Waals surface area contributed by atoms with Gasteiger partial charge in [-0.15, -0.1) is 0 Å². The number of aliphatic hydroxyl groups excluding tert-OH is 1. The van der Waals surface area contributed by atoms with E-state index in [0.29, 0.717) is 25.7 Å². The highest BCUT2D eigenvalue weighted by Gasteiger charge is 2.30. The van der Waals surface area contributed by atoms with Gasteiger partial charge in [-0.25, -0.2) is 9.13 Å². The number of carbonyl (C=O) groups excluding carboxylic acids is 4. The van der Waals surface area contributed by atoms with Crippen LogP contribution in [0.25, 0.3) is 0 Å². The van der Waals surface area contributed by atoms with Crippen LogP contribution < -0.4 is 0 Å². The maximum Gasteiger partial charge on any atom is 0.472 e. The Kier molecular flexibility index (Phi) is 61.1. The lowest BCUT2D eigenvalue weighted by molar-refractivity contribution is -0.161. The Labute approximate surface area is 537 Å². The maximum absolute atomic E-state index is 13.0. The molecule has 0 saturated heterocycles. The third-order valence-corrected chi connectivity index (χ3v) is 17.9. The zero-order valence-corrected chi connectivity index (χ0v) is 58.6. The van der Waals surface area contributed by atoms with Crippen molar-refractivity contribution in [1.82, 2.24) is 0 Å². The Morgan fingerprint density at radius 3 is 0.773 bits per heavy atom. The van der Waals surface area contributed by atoms with Crippen LogP contribution in [0.1, 0.15) is 356 Å². The second kappa shape index (κ2) is 62.5. The molecule has 3 N–H and O–H groups in total. The van der Waals surface area contributed by atoms with E-state index in [0.717, 1.165) is 109 Å². The van der Waals surface area contributed by atoms with E-state index in [2.05, 4.69) is 34.6 Å². The van der Waals surface area contributed by atoms with E-state index < -0.39 is 97.5 Å². The summed E-state index contributed by atoms with van der Waals surface area (Å²) >= 11 is 0. The number of phosphoric acid groups is 2. The van der Waals surface area contributed by atoms with Gasteiger partial charge in [0.05, 0.1) is 26.4 Å². The van der Waals surface area contributed by atoms with Crippen molar-refractivity contribution in [2.75, 3.05) is 39.6 Å². The van der Waals surface area contributed by atoms with Crippen LogP contribution in [-0.4, -0.2) is 96.7 Å². The molecule has 0 bridgehead atoms. The molecular formula is C69H134O17P2. The number of hydrogen-bond donors (Lipinski definition) is 3. The van der Waals surface area contributed by atoms with Crippen molar-refractivity contribution in [3.8, 4) is 0 Å². The van der Waals surface area contributed by atoms with E-state index in [1.807, 2.05) is 0 Å². The quantitative estimate of drug-likeness (QED) is 0.0222. The average Bonchev–Trinajstić information content (AvgIpc) is 3.62. The summed E-state index contributed by atoms with van der Waals surface area (Å²) in [6, 6.07) is 0. The maximum atomic E-state index is 13.0. The zero-order chi connectivity index (χ0) is 64.9. The molecule has 0 saturated carbocycles. The van der Waals surface area contributed by atoms with Crippen LogP contribution in [0.2, 0.25) is 0 Å². The molecule has 0 fully saturated rings. The van der Waals surface area contributed by atoms with Crippen LogP contribution in [0.15, 0.2) is 0 Å². The molecule has 0 spiro atoms. The van der Waals surface area contributed by atoms with Crippen LogP contribution in [0.4, 0.5) is 0 Å². The van der Waals surface area contributed by atoms with Crippen molar-refractivity contribution in [2.45, 2.75) is 374 Å². The lowest BCUT2D eigenvalue weighted by atomic mass is 10.0. The normalized spacial score (nSPS) is 14.1. The van der Waals surface area contributed by atoms with Gasteiger partial charge >= 0.3 is 39.5 Å². The predicted octanol–water partition coefficient (Wildman–Crippen LogP) is 19.7. The van der Waals surface area contributed by atoms with Gasteiger partial charge in [0.15, 0.2) is 12.2 Å². The predicted molar refractivity (Wildman–Crippen MR) is 354 cm³/mol. The fourth-order valence-corrected chi connectivity index (χ4v) is 12.0. The van der Waals surface area contributed by atoms with Crippen LogP contribution in [0, 0.1) is 5.92 Å². The molecule has 0 aromatic carbocycles. The molecule has 2 unspecified atom stereocenters. The van der Waals surface area contributed by atoms with Gasteiger partial charge in [-0.1, -0.05) is 304 Å². The highest BCUT2D eigenvalue weighted by Crippen LogP contribution is 2.45. The summed E-state index contributed by atoms with van der Waals surface area (Å²) in [4.78, 5) is 72.3. The number of phosphoric ester groups is 2. The smallest absolute Gasteiger partial charge is 0.462 e. The van der Waals surface area contributed by atoms with E-state index in [4.69, 9.17) is 37.0 Å². The Hall–Kier alpha value is -1.94. The van der Waals surface area contributed by atoms with Crippen molar-refractivity contribution in [3.05, 3.63) is 0 Å². The number of hydrogen-bond acceptors (Lipinski definition) is 15. The first-order chi connectivity index (χ1) is 42.5. The first-order valence-corrected chi connectivity index (χ1v) is 39.1. The summed E-state index contributed by atoms with van der Waals surface area (Å²) in [6.45, 7) is 7.21. The molecule has 0 radical (unpaired) electrons. The Bertz CT molecular complexity index is 1700. The van der Waals surface area contributed by atoms with Crippen molar-refractivity contribution in [3.63, 3.8) is 0 Å². The molecule has 0 heterocycles. The first kappa shape index (κ1) is 86.1. The van der Waals surface area contributed by atoms with Gasteiger partial charge < -0.3 is 33.8 Å². The molecule has 0 amide bonds. The first-order valence-electron chi connectivity index (χ1n) is 36.1. The molecule has 17 nitrogen and oxygen atoms in total. The third kappa shape index (κ3) is 62.8. The summed E-state index contributed by atoms with van der Waals surface area (Å²) in [5, 5.41) is 10.6. The summed E-state index contributed by atoms with van der Waals surface area (Å²) in [7, 11) is -9.89. The largest absolute Gasteiger partial charge is 0.472 e. The van der Waals surface area contributed by atoms with E-state index in [1.54, 1.807) is 0 Å². The monoisotopic (exact) mass is 1300 g/mol. The number of rotatable bonds is 69. The van der Waals surface area contributed by atoms with Crippen molar-refractivity contribution in [1.29, 1.82) is 0 Å². The molecule has 0 aromatic rings. The topological polar surface area (TPSA) is 237 Å². The van der Waals surface area contributed by atoms with E-state index in [1.165, 1.54) is 167 Å². The van der Waals surface area contributed by atoms with E-state index in [9.17, 15) is 43.2 Å². The van der Waals surface area contributed by atoms with Crippen molar-refractivity contribution >= 4 is 39.5 Å². The van der Waals surface area contributed by atoms with Gasteiger partial charge in [0.2, 0.25) is 0 Å². The molecule has 0 aliphatic rings. The molecule has 19 heteroatoms. The third-order valence-electron chi connectivity index (χ3n) is 16.0. The van der Waals surface area contributed by atoms with Gasteiger partial charge in [-0.2, -0.15) is 0 Å². The number of aliphatic hydroxyl groups is 1. The minimum Gasteiger partial charge on any atom is -0.462 e. The lowest BCUT2D eigenvalue weighted by Crippen LogP contribution is -2.30. The molecule has 5 atom stereocenters. The van der Waals surface area contributed by atoms with Gasteiger partial charge in [0.1, 0.15) is 19.3 Å². The summed E-state index contributed by atoms with van der Waals surface area (Å²) in [5.74, 6) is -1.34. The van der Waals surface area contributed by atoms with Crippen molar-refractivity contribution in [2.24, 2.45) is 5.92 Å². The summed E-state index contributed by atoms with van der Waals surface area (Å²) < 4.78 is 68.1. The number of ether oxygens (including phenoxy) is 4. The zero-order valence-electron chi connectivity index (χ0n) is 56.9. The summed E-state index contributed by atoms with van der Waals surface area (Å²) in [5.41, 5.74) is 0. The lowest BCUT2D eigenvalue weighted by Gasteiger charge is -2.21. The molecule has 88 heavy (non-hydrogen) atoms. The molecule has 0 rings (SSSR count). The molecule has 0 aliphatic heterocycles. The SMILES string of the molecule is CCCCCCCCCCCCCCCCCC(=O)OC[C@H](COP(=O)(O)OC[C@@H](O)COP(=O)(O)OC[C@@H](COC(=O)CCCCCCCCC)OC(=O)CCCCCCCCCCCC)OC(=O)CCCCCCCCCCCCCCCC(C)C. The van der Waals surface area contributed by atoms with E-state index in [-0.39, 0.29) is 25.7 Å². The molecule has 522 valence electrons. The molecule has 0 aromatic heterocycles. The number of unbranched alkanes of at least 4 members (excludes halogenated alkanes) is 41. The summed E-state index contributed by atoms with van der Waals surface area (Å²) in [6.07, 6.45) is 48.6. The Morgan fingerprint density at radius 2 is 0.523 bits per heavy atom. The highest BCUT2D eigenvalue weighted by molar-refractivity contribution is 7.47.